The standard InChI is InChI=1S/C23H25N3O3/c1-15-7-6-8-20(9-15)26-16(2)10-19(17(26)3)14-24-25-23(27)18-11-21(28-4)13-22(12-18)29-5/h6-14H,1-5H3,(H,25,27). The van der Waals surface area contributed by atoms with E-state index >= 15 is 0 Å². The number of carbonyl (C=O) groups excluding carboxylic acids is 1. The minimum atomic E-state index is -0.342. The molecule has 0 fully saturated rings. The number of hydrazone groups is 1. The van der Waals surface area contributed by atoms with Crippen LogP contribution in [0.4, 0.5) is 0 Å². The number of carbonyl (C=O) groups is 1. The molecule has 1 aromatic heterocycles. The van der Waals surface area contributed by atoms with Gasteiger partial charge in [0.2, 0.25) is 0 Å². The van der Waals surface area contributed by atoms with Crippen LogP contribution in [0.3, 0.4) is 0 Å². The summed E-state index contributed by atoms with van der Waals surface area (Å²) in [7, 11) is 3.08. The quantitative estimate of drug-likeness (QED) is 0.506. The van der Waals surface area contributed by atoms with Crippen LogP contribution >= 0.6 is 0 Å². The molecule has 0 radical (unpaired) electrons. The van der Waals surface area contributed by atoms with E-state index < -0.39 is 0 Å². The minimum absolute atomic E-state index is 0.342. The molecule has 1 N–H and O–H groups in total. The molecule has 1 amide bonds. The Morgan fingerprint density at radius 1 is 1.00 bits per heavy atom. The highest BCUT2D eigenvalue weighted by atomic mass is 16.5. The lowest BCUT2D eigenvalue weighted by atomic mass is 10.2. The van der Waals surface area contributed by atoms with E-state index in [9.17, 15) is 4.79 Å². The first-order chi connectivity index (χ1) is 13.9. The topological polar surface area (TPSA) is 64.8 Å². The monoisotopic (exact) mass is 391 g/mol. The SMILES string of the molecule is COc1cc(OC)cc(C(=O)NN=Cc2cc(C)n(-c3cccc(C)c3)c2C)c1. The van der Waals surface area contributed by atoms with Crippen LogP contribution in [-0.2, 0) is 0 Å². The molecule has 0 spiro atoms. The van der Waals surface area contributed by atoms with Crippen molar-refractivity contribution >= 4 is 12.1 Å². The number of nitrogens with zero attached hydrogens (tertiary/aromatic N) is 2. The molecule has 29 heavy (non-hydrogen) atoms. The summed E-state index contributed by atoms with van der Waals surface area (Å²) in [6, 6.07) is 15.4. The largest absolute Gasteiger partial charge is 0.497 e. The molecule has 2 aromatic carbocycles. The third-order valence-corrected chi connectivity index (χ3v) is 4.71. The number of aromatic nitrogens is 1. The summed E-state index contributed by atoms with van der Waals surface area (Å²) in [5.41, 5.74) is 8.36. The molecule has 0 atom stereocenters. The molecule has 0 aliphatic rings. The maximum atomic E-state index is 12.4. The zero-order valence-corrected chi connectivity index (χ0v) is 17.3. The van der Waals surface area contributed by atoms with Gasteiger partial charge in [-0.25, -0.2) is 5.43 Å². The van der Waals surface area contributed by atoms with Crippen LogP contribution in [0.2, 0.25) is 0 Å². The lowest BCUT2D eigenvalue weighted by molar-refractivity contribution is 0.0954. The first-order valence-electron chi connectivity index (χ1n) is 9.25. The van der Waals surface area contributed by atoms with E-state index in [1.54, 1.807) is 38.6 Å². The average molecular weight is 391 g/mol. The molecule has 0 saturated heterocycles. The van der Waals surface area contributed by atoms with Crippen molar-refractivity contribution in [3.63, 3.8) is 0 Å². The summed E-state index contributed by atoms with van der Waals surface area (Å²) in [5, 5.41) is 4.14. The molecule has 0 unspecified atom stereocenters. The van der Waals surface area contributed by atoms with Gasteiger partial charge < -0.3 is 14.0 Å². The number of hydrogen-bond donors (Lipinski definition) is 1. The van der Waals surface area contributed by atoms with Crippen LogP contribution in [0.15, 0.2) is 53.6 Å². The molecule has 0 aliphatic heterocycles. The predicted molar refractivity (Wildman–Crippen MR) is 115 cm³/mol. The molecule has 150 valence electrons. The van der Waals surface area contributed by atoms with Gasteiger partial charge in [0.05, 0.1) is 20.4 Å². The normalized spacial score (nSPS) is 10.9. The van der Waals surface area contributed by atoms with Crippen molar-refractivity contribution in [2.45, 2.75) is 20.8 Å². The van der Waals surface area contributed by atoms with Gasteiger partial charge in [0.25, 0.3) is 5.91 Å². The van der Waals surface area contributed by atoms with Gasteiger partial charge in [-0.2, -0.15) is 5.10 Å². The van der Waals surface area contributed by atoms with E-state index in [1.807, 2.05) is 26.0 Å². The first-order valence-corrected chi connectivity index (χ1v) is 9.25. The molecule has 0 bridgehead atoms. The van der Waals surface area contributed by atoms with Crippen LogP contribution in [0.25, 0.3) is 5.69 Å². The molecule has 3 aromatic rings. The number of benzene rings is 2. The van der Waals surface area contributed by atoms with Crippen LogP contribution < -0.4 is 14.9 Å². The summed E-state index contributed by atoms with van der Waals surface area (Å²) in [5.74, 6) is 0.742. The van der Waals surface area contributed by atoms with E-state index in [4.69, 9.17) is 9.47 Å². The number of amides is 1. The van der Waals surface area contributed by atoms with Crippen molar-refractivity contribution in [1.82, 2.24) is 9.99 Å². The summed E-state index contributed by atoms with van der Waals surface area (Å²) >= 11 is 0. The Hall–Kier alpha value is -3.54. The highest BCUT2D eigenvalue weighted by Gasteiger charge is 2.11. The number of ether oxygens (including phenoxy) is 2. The number of aryl methyl sites for hydroxylation is 2. The van der Waals surface area contributed by atoms with Crippen molar-refractivity contribution in [3.8, 4) is 17.2 Å². The van der Waals surface area contributed by atoms with Crippen molar-refractivity contribution in [1.29, 1.82) is 0 Å². The van der Waals surface area contributed by atoms with Crippen LogP contribution in [0.1, 0.15) is 32.9 Å². The fraction of sp³-hybridized carbons (Fsp3) is 0.217. The average Bonchev–Trinajstić information content (AvgIpc) is 3.00. The van der Waals surface area contributed by atoms with E-state index in [-0.39, 0.29) is 5.91 Å². The smallest absolute Gasteiger partial charge is 0.271 e. The second kappa shape index (κ2) is 8.65. The molecule has 3 rings (SSSR count). The fourth-order valence-corrected chi connectivity index (χ4v) is 3.25. The highest BCUT2D eigenvalue weighted by molar-refractivity contribution is 5.95. The fourth-order valence-electron chi connectivity index (χ4n) is 3.25. The van der Waals surface area contributed by atoms with E-state index in [0.717, 1.165) is 22.6 Å². The van der Waals surface area contributed by atoms with Gasteiger partial charge in [-0.05, 0) is 56.7 Å². The summed E-state index contributed by atoms with van der Waals surface area (Å²) < 4.78 is 12.6. The third-order valence-electron chi connectivity index (χ3n) is 4.71. The van der Waals surface area contributed by atoms with Crippen LogP contribution in [0, 0.1) is 20.8 Å². The number of nitrogens with one attached hydrogen (secondary N) is 1. The van der Waals surface area contributed by atoms with Crippen molar-refractivity contribution in [3.05, 3.63) is 76.6 Å². The molecule has 6 heteroatoms. The second-order valence-electron chi connectivity index (χ2n) is 6.80. The van der Waals surface area contributed by atoms with Gasteiger partial charge in [0, 0.05) is 34.3 Å². The molecule has 6 nitrogen and oxygen atoms in total. The van der Waals surface area contributed by atoms with Crippen molar-refractivity contribution in [2.24, 2.45) is 5.10 Å². The molecule has 0 saturated carbocycles. The van der Waals surface area contributed by atoms with Gasteiger partial charge in [0.1, 0.15) is 11.5 Å². The second-order valence-corrected chi connectivity index (χ2v) is 6.80. The molecular formula is C23H25N3O3. The van der Waals surface area contributed by atoms with Gasteiger partial charge >= 0.3 is 0 Å². The summed E-state index contributed by atoms with van der Waals surface area (Å²) in [6.45, 7) is 6.16. The molecule has 0 aliphatic carbocycles. The summed E-state index contributed by atoms with van der Waals surface area (Å²) in [6.07, 6.45) is 1.66. The molecule has 1 heterocycles. The van der Waals surface area contributed by atoms with E-state index in [0.29, 0.717) is 17.1 Å². The Balaban J connectivity index is 1.79. The maximum Gasteiger partial charge on any atom is 0.271 e. The van der Waals surface area contributed by atoms with Gasteiger partial charge in [0.15, 0.2) is 0 Å². The molecular weight excluding hydrogens is 366 g/mol. The number of methoxy groups -OCH3 is 2. The highest BCUT2D eigenvalue weighted by Crippen LogP contribution is 2.23. The lowest BCUT2D eigenvalue weighted by Gasteiger charge is -2.10. The third kappa shape index (κ3) is 4.48. The zero-order chi connectivity index (χ0) is 21.0. The lowest BCUT2D eigenvalue weighted by Crippen LogP contribution is -2.17. The van der Waals surface area contributed by atoms with Gasteiger partial charge in [-0.1, -0.05) is 12.1 Å². The Bertz CT molecular complexity index is 1040. The Labute approximate surface area is 170 Å². The van der Waals surface area contributed by atoms with E-state index in [2.05, 4.69) is 40.2 Å². The first kappa shape index (κ1) is 20.2. The predicted octanol–water partition coefficient (Wildman–Crippen LogP) is 4.18. The Kier molecular flexibility index (Phi) is 6.02. The summed E-state index contributed by atoms with van der Waals surface area (Å²) in [4.78, 5) is 12.4. The van der Waals surface area contributed by atoms with Gasteiger partial charge in [-0.3, -0.25) is 4.79 Å². The number of rotatable bonds is 6. The van der Waals surface area contributed by atoms with Crippen LogP contribution in [-0.4, -0.2) is 30.9 Å². The Morgan fingerprint density at radius 3 is 2.31 bits per heavy atom. The zero-order valence-electron chi connectivity index (χ0n) is 17.3. The van der Waals surface area contributed by atoms with Gasteiger partial charge in [-0.15, -0.1) is 0 Å². The van der Waals surface area contributed by atoms with Crippen molar-refractivity contribution < 1.29 is 14.3 Å². The van der Waals surface area contributed by atoms with Crippen LogP contribution in [0.5, 0.6) is 11.5 Å². The maximum absolute atomic E-state index is 12.4. The Morgan fingerprint density at radius 2 is 1.69 bits per heavy atom. The van der Waals surface area contributed by atoms with E-state index in [1.165, 1.54) is 5.56 Å². The minimum Gasteiger partial charge on any atom is -0.497 e. The van der Waals surface area contributed by atoms with Crippen molar-refractivity contribution in [2.75, 3.05) is 14.2 Å². The number of hydrogen-bond acceptors (Lipinski definition) is 4.